The summed E-state index contributed by atoms with van der Waals surface area (Å²) in [4.78, 5) is 0. The van der Waals surface area contributed by atoms with Crippen LogP contribution in [0.2, 0.25) is 0 Å². The molecule has 0 bridgehead atoms. The zero-order chi connectivity index (χ0) is 10.4. The van der Waals surface area contributed by atoms with E-state index in [-0.39, 0.29) is 0 Å². The van der Waals surface area contributed by atoms with E-state index in [0.717, 1.165) is 0 Å². The topological polar surface area (TPSA) is 26.0 Å². The fourth-order valence-electron chi connectivity index (χ4n) is 1.82. The van der Waals surface area contributed by atoms with Gasteiger partial charge in [-0.2, -0.15) is 0 Å². The van der Waals surface area contributed by atoms with Crippen molar-refractivity contribution in [3.63, 3.8) is 0 Å². The van der Waals surface area contributed by atoms with Gasteiger partial charge in [0.15, 0.2) is 0 Å². The maximum absolute atomic E-state index is 5.50. The second-order valence-corrected chi connectivity index (χ2v) is 4.68. The molecule has 78 valence electrons. The summed E-state index contributed by atoms with van der Waals surface area (Å²) >= 11 is 1.34. The van der Waals surface area contributed by atoms with Crippen LogP contribution in [0.3, 0.4) is 0 Å². The van der Waals surface area contributed by atoms with Gasteiger partial charge in [0.25, 0.3) is 0 Å². The molecule has 1 nitrogen and oxygen atoms in total. The molecule has 0 amide bonds. The molecule has 1 atom stereocenters. The van der Waals surface area contributed by atoms with Gasteiger partial charge in [-0.25, -0.2) is 0 Å². The van der Waals surface area contributed by atoms with Crippen molar-refractivity contribution in [3.8, 4) is 0 Å². The van der Waals surface area contributed by atoms with Crippen molar-refractivity contribution in [2.24, 2.45) is 22.9 Å². The molecule has 0 heterocycles. The van der Waals surface area contributed by atoms with Crippen molar-refractivity contribution >= 4 is 11.9 Å². The Morgan fingerprint density at radius 1 is 1.31 bits per heavy atom. The molecule has 2 heteroatoms. The first kappa shape index (κ1) is 13.1. The SMILES string of the molecule is CCC(/C(=C\SN)C(C)C)C(C)C. The van der Waals surface area contributed by atoms with Gasteiger partial charge in [0.05, 0.1) is 0 Å². The smallest absolute Gasteiger partial charge is 0.0141 e. The molecular weight excluding hydrogens is 178 g/mol. The Morgan fingerprint density at radius 2 is 1.85 bits per heavy atom. The van der Waals surface area contributed by atoms with Crippen molar-refractivity contribution < 1.29 is 0 Å². The van der Waals surface area contributed by atoms with Crippen molar-refractivity contribution in [3.05, 3.63) is 11.0 Å². The lowest BCUT2D eigenvalue weighted by Crippen LogP contribution is -2.14. The normalized spacial score (nSPS) is 15.5. The molecule has 0 rings (SSSR count). The van der Waals surface area contributed by atoms with Crippen LogP contribution < -0.4 is 5.14 Å². The Kier molecular flexibility index (Phi) is 6.52. The van der Waals surface area contributed by atoms with E-state index in [1.165, 1.54) is 23.9 Å². The number of nitrogens with two attached hydrogens (primary N) is 1. The van der Waals surface area contributed by atoms with Crippen LogP contribution in [0.4, 0.5) is 0 Å². The second kappa shape index (κ2) is 6.50. The molecule has 0 aliphatic carbocycles. The van der Waals surface area contributed by atoms with Crippen LogP contribution in [0.1, 0.15) is 41.0 Å². The molecule has 0 spiro atoms. The average molecular weight is 201 g/mol. The summed E-state index contributed by atoms with van der Waals surface area (Å²) < 4.78 is 0. The molecule has 0 fully saturated rings. The molecular formula is C11H23NS. The van der Waals surface area contributed by atoms with Crippen LogP contribution >= 0.6 is 11.9 Å². The van der Waals surface area contributed by atoms with Gasteiger partial charge in [0.2, 0.25) is 0 Å². The van der Waals surface area contributed by atoms with Crippen LogP contribution in [-0.4, -0.2) is 0 Å². The third-order valence-electron chi connectivity index (χ3n) is 2.54. The predicted molar refractivity (Wildman–Crippen MR) is 63.3 cm³/mol. The summed E-state index contributed by atoms with van der Waals surface area (Å²) in [5.74, 6) is 2.02. The van der Waals surface area contributed by atoms with E-state index in [1.807, 2.05) is 0 Å². The standard InChI is InChI=1S/C11H23NS/c1-6-10(8(2)3)11(7-13-12)9(4)5/h7-10H,6,12H2,1-5H3/b11-7-. The van der Waals surface area contributed by atoms with E-state index in [4.69, 9.17) is 5.14 Å². The highest BCUT2D eigenvalue weighted by Crippen LogP contribution is 2.30. The molecule has 0 aliphatic heterocycles. The van der Waals surface area contributed by atoms with E-state index in [9.17, 15) is 0 Å². The average Bonchev–Trinajstić information content (AvgIpc) is 2.03. The summed E-state index contributed by atoms with van der Waals surface area (Å²) in [7, 11) is 0. The maximum Gasteiger partial charge on any atom is -0.0141 e. The van der Waals surface area contributed by atoms with Gasteiger partial charge in [-0.1, -0.05) is 52.1 Å². The fraction of sp³-hybridized carbons (Fsp3) is 0.818. The first-order valence-corrected chi connectivity index (χ1v) is 6.04. The zero-order valence-corrected chi connectivity index (χ0v) is 10.3. The number of hydrogen-bond acceptors (Lipinski definition) is 2. The van der Waals surface area contributed by atoms with Crippen molar-refractivity contribution in [2.45, 2.75) is 41.0 Å². The molecule has 2 N–H and O–H groups in total. The van der Waals surface area contributed by atoms with E-state index < -0.39 is 0 Å². The Bertz CT molecular complexity index is 161. The molecule has 0 saturated heterocycles. The number of hydrogen-bond donors (Lipinski definition) is 1. The number of rotatable bonds is 5. The minimum Gasteiger partial charge on any atom is -0.274 e. The summed E-state index contributed by atoms with van der Waals surface area (Å²) in [6, 6.07) is 0. The third kappa shape index (κ3) is 4.19. The van der Waals surface area contributed by atoms with Crippen LogP contribution in [0.25, 0.3) is 0 Å². The second-order valence-electron chi connectivity index (χ2n) is 4.17. The van der Waals surface area contributed by atoms with Crippen LogP contribution in [-0.2, 0) is 0 Å². The minimum absolute atomic E-state index is 0.614. The van der Waals surface area contributed by atoms with Gasteiger partial charge in [-0.3, -0.25) is 5.14 Å². The molecule has 0 aromatic rings. The first-order valence-electron chi connectivity index (χ1n) is 5.10. The lowest BCUT2D eigenvalue weighted by Gasteiger charge is -2.25. The van der Waals surface area contributed by atoms with Gasteiger partial charge >= 0.3 is 0 Å². The van der Waals surface area contributed by atoms with Gasteiger partial charge in [-0.05, 0) is 29.6 Å². The lowest BCUT2D eigenvalue weighted by atomic mass is 9.82. The largest absolute Gasteiger partial charge is 0.274 e. The Labute approximate surface area is 87.3 Å². The highest BCUT2D eigenvalue weighted by molar-refractivity contribution is 8.00. The van der Waals surface area contributed by atoms with Crippen molar-refractivity contribution in [2.75, 3.05) is 0 Å². The van der Waals surface area contributed by atoms with Gasteiger partial charge in [0.1, 0.15) is 0 Å². The summed E-state index contributed by atoms with van der Waals surface area (Å²) in [6.45, 7) is 11.3. The van der Waals surface area contributed by atoms with E-state index >= 15 is 0 Å². The number of allylic oxidation sites excluding steroid dienone is 1. The molecule has 1 unspecified atom stereocenters. The minimum atomic E-state index is 0.614. The molecule has 0 radical (unpaired) electrons. The van der Waals surface area contributed by atoms with Gasteiger partial charge < -0.3 is 0 Å². The maximum atomic E-state index is 5.50. The fourth-order valence-corrected chi connectivity index (χ4v) is 2.43. The van der Waals surface area contributed by atoms with Gasteiger partial charge in [-0.15, -0.1) is 0 Å². The highest BCUT2D eigenvalue weighted by Gasteiger charge is 2.18. The Hall–Kier alpha value is 0.0500. The summed E-state index contributed by atoms with van der Waals surface area (Å²) in [6.07, 6.45) is 1.21. The van der Waals surface area contributed by atoms with E-state index in [2.05, 4.69) is 40.0 Å². The monoisotopic (exact) mass is 201 g/mol. The Morgan fingerprint density at radius 3 is 2.08 bits per heavy atom. The van der Waals surface area contributed by atoms with Crippen molar-refractivity contribution in [1.82, 2.24) is 0 Å². The predicted octanol–water partition coefficient (Wildman–Crippen LogP) is 3.82. The lowest BCUT2D eigenvalue weighted by molar-refractivity contribution is 0.401. The third-order valence-corrected chi connectivity index (χ3v) is 2.95. The highest BCUT2D eigenvalue weighted by atomic mass is 32.2. The Balaban J connectivity index is 4.59. The van der Waals surface area contributed by atoms with Crippen LogP contribution in [0.15, 0.2) is 11.0 Å². The summed E-state index contributed by atoms with van der Waals surface area (Å²) in [5.41, 5.74) is 1.50. The van der Waals surface area contributed by atoms with Gasteiger partial charge in [0, 0.05) is 0 Å². The molecule has 13 heavy (non-hydrogen) atoms. The first-order chi connectivity index (χ1) is 6.04. The van der Waals surface area contributed by atoms with Crippen molar-refractivity contribution in [1.29, 1.82) is 0 Å². The van der Waals surface area contributed by atoms with E-state index in [0.29, 0.717) is 17.8 Å². The summed E-state index contributed by atoms with van der Waals surface area (Å²) in [5, 5.41) is 7.62. The molecule has 0 aromatic heterocycles. The quantitative estimate of drug-likeness (QED) is 0.684. The van der Waals surface area contributed by atoms with Crippen LogP contribution in [0, 0.1) is 17.8 Å². The zero-order valence-electron chi connectivity index (χ0n) is 9.50. The molecule has 0 aromatic carbocycles. The van der Waals surface area contributed by atoms with Crippen LogP contribution in [0.5, 0.6) is 0 Å². The molecule has 0 saturated carbocycles. The van der Waals surface area contributed by atoms with E-state index in [1.54, 1.807) is 0 Å². The molecule has 0 aliphatic rings.